The molecular weight excluding hydrogens is 260 g/mol. The molecule has 2 N–H and O–H groups in total. The second kappa shape index (κ2) is 11.6. The molecule has 0 aliphatic rings. The average Bonchev–Trinajstić information content (AvgIpc) is 2.33. The first-order valence-electron chi connectivity index (χ1n) is 8.34. The van der Waals surface area contributed by atoms with Gasteiger partial charge in [0.15, 0.2) is 0 Å². The smallest absolute Gasteiger partial charge is 0.220 e. The van der Waals surface area contributed by atoms with Crippen molar-refractivity contribution in [2.45, 2.75) is 80.7 Å². The minimum Gasteiger partial charge on any atom is -0.389 e. The van der Waals surface area contributed by atoms with E-state index in [9.17, 15) is 4.79 Å². The van der Waals surface area contributed by atoms with E-state index in [2.05, 4.69) is 44.9 Å². The Bertz CT molecular complexity index is 290. The summed E-state index contributed by atoms with van der Waals surface area (Å²) in [5, 5.41) is 6.23. The lowest BCUT2D eigenvalue weighted by molar-refractivity contribution is -0.121. The van der Waals surface area contributed by atoms with Crippen LogP contribution in [0.2, 0.25) is 0 Å². The van der Waals surface area contributed by atoms with Gasteiger partial charge < -0.3 is 10.6 Å². The van der Waals surface area contributed by atoms with Crippen LogP contribution < -0.4 is 10.6 Å². The predicted octanol–water partition coefficient (Wildman–Crippen LogP) is 4.49. The molecule has 0 aliphatic heterocycles. The molecule has 0 spiro atoms. The molecule has 0 aromatic rings. The highest BCUT2D eigenvalue weighted by molar-refractivity contribution is 5.76. The lowest BCUT2D eigenvalue weighted by Gasteiger charge is -2.25. The summed E-state index contributed by atoms with van der Waals surface area (Å²) >= 11 is 0. The molecule has 1 unspecified atom stereocenters. The number of carbonyl (C=O) groups is 1. The summed E-state index contributed by atoms with van der Waals surface area (Å²) in [7, 11) is 0. The highest BCUT2D eigenvalue weighted by atomic mass is 16.1. The van der Waals surface area contributed by atoms with Gasteiger partial charge >= 0.3 is 0 Å². The maximum Gasteiger partial charge on any atom is 0.220 e. The summed E-state index contributed by atoms with van der Waals surface area (Å²) in [6.45, 7) is 21.8. The molecule has 0 bridgehead atoms. The Morgan fingerprint density at radius 1 is 1.14 bits per heavy atom. The van der Waals surface area contributed by atoms with Crippen molar-refractivity contribution in [2.24, 2.45) is 11.3 Å². The molecule has 0 radical (unpaired) electrons. The highest BCUT2D eigenvalue weighted by Crippen LogP contribution is 2.26. The monoisotopic (exact) mass is 298 g/mol. The fraction of sp³-hybridized carbons (Fsp3) is 0.833. The zero-order valence-corrected chi connectivity index (χ0v) is 15.6. The second-order valence-corrected chi connectivity index (χ2v) is 6.94. The van der Waals surface area contributed by atoms with Gasteiger partial charge in [0.05, 0.1) is 0 Å². The predicted molar refractivity (Wildman–Crippen MR) is 94.2 cm³/mol. The van der Waals surface area contributed by atoms with Crippen molar-refractivity contribution >= 4 is 5.91 Å². The molecule has 1 atom stereocenters. The van der Waals surface area contributed by atoms with Gasteiger partial charge in [0, 0.05) is 24.7 Å². The third kappa shape index (κ3) is 15.2. The summed E-state index contributed by atoms with van der Waals surface area (Å²) in [6, 6.07) is 0.224. The first kappa shape index (κ1) is 22.3. The van der Waals surface area contributed by atoms with E-state index >= 15 is 0 Å². The van der Waals surface area contributed by atoms with E-state index in [1.54, 1.807) is 0 Å². The van der Waals surface area contributed by atoms with E-state index in [-0.39, 0.29) is 11.9 Å². The van der Waals surface area contributed by atoms with Gasteiger partial charge in [-0.25, -0.2) is 0 Å². The minimum absolute atomic E-state index is 0.130. The first-order valence-corrected chi connectivity index (χ1v) is 8.34. The number of amides is 1. The topological polar surface area (TPSA) is 41.1 Å². The van der Waals surface area contributed by atoms with Gasteiger partial charge in [-0.15, -0.1) is 0 Å². The molecule has 126 valence electrons. The summed E-state index contributed by atoms with van der Waals surface area (Å²) in [4.78, 5) is 11.5. The number of hydrogen-bond acceptors (Lipinski definition) is 2. The quantitative estimate of drug-likeness (QED) is 0.648. The van der Waals surface area contributed by atoms with Crippen molar-refractivity contribution in [1.82, 2.24) is 10.6 Å². The fourth-order valence-corrected chi connectivity index (χ4v) is 2.11. The average molecular weight is 299 g/mol. The molecule has 0 aliphatic carbocycles. The number of carbonyl (C=O) groups excluding carboxylic acids is 1. The molecule has 0 rings (SSSR count). The molecule has 0 aromatic heterocycles. The highest BCUT2D eigenvalue weighted by Gasteiger charge is 2.17. The Balaban J connectivity index is 0. The van der Waals surface area contributed by atoms with Gasteiger partial charge in [0.2, 0.25) is 5.91 Å². The molecule has 0 saturated carbocycles. The molecular formula is C18H38N2O. The van der Waals surface area contributed by atoms with Crippen molar-refractivity contribution in [1.29, 1.82) is 0 Å². The van der Waals surface area contributed by atoms with E-state index in [0.717, 1.165) is 25.1 Å². The van der Waals surface area contributed by atoms with Gasteiger partial charge in [-0.1, -0.05) is 48.1 Å². The largest absolute Gasteiger partial charge is 0.389 e. The lowest BCUT2D eigenvalue weighted by atomic mass is 9.84. The van der Waals surface area contributed by atoms with Crippen LogP contribution in [0.15, 0.2) is 12.3 Å². The van der Waals surface area contributed by atoms with Crippen LogP contribution in [0.1, 0.15) is 74.7 Å². The number of allylic oxidation sites excluding steroid dienone is 1. The van der Waals surface area contributed by atoms with Gasteiger partial charge in [0.1, 0.15) is 0 Å². The normalized spacial score (nSPS) is 12.2. The van der Waals surface area contributed by atoms with Crippen molar-refractivity contribution in [2.75, 3.05) is 6.54 Å². The Hall–Kier alpha value is -0.990. The Labute approximate surface area is 133 Å². The van der Waals surface area contributed by atoms with Crippen molar-refractivity contribution < 1.29 is 4.79 Å². The zero-order valence-electron chi connectivity index (χ0n) is 15.6. The van der Waals surface area contributed by atoms with Crippen LogP contribution in [0.25, 0.3) is 0 Å². The van der Waals surface area contributed by atoms with Crippen molar-refractivity contribution in [3.05, 3.63) is 12.3 Å². The Kier molecular flexibility index (Phi) is 12.4. The minimum atomic E-state index is 0.130. The van der Waals surface area contributed by atoms with Crippen LogP contribution in [0.4, 0.5) is 0 Å². The summed E-state index contributed by atoms with van der Waals surface area (Å²) in [6.07, 6.45) is 2.54. The van der Waals surface area contributed by atoms with Crippen molar-refractivity contribution in [3.8, 4) is 0 Å². The molecule has 3 heteroatoms. The summed E-state index contributed by atoms with van der Waals surface area (Å²) in [5.41, 5.74) is 1.40. The standard InChI is InChI=1S/C16H32N2O.C2H6/c1-12(2)18-15(19)9-8-10-17-14(4)13(3)11-16(5,6)7;1-2/h12-13,17H,4,8-11H2,1-3,5-7H3,(H,18,19);1-2H3. The van der Waals surface area contributed by atoms with Crippen LogP contribution in [0, 0.1) is 11.3 Å². The number of rotatable bonds is 8. The van der Waals surface area contributed by atoms with E-state index < -0.39 is 0 Å². The third-order valence-corrected chi connectivity index (χ3v) is 2.90. The third-order valence-electron chi connectivity index (χ3n) is 2.90. The SMILES string of the molecule is C=C(NCCCC(=O)NC(C)C)C(C)CC(C)(C)C.CC. The summed E-state index contributed by atoms with van der Waals surface area (Å²) in [5.74, 6) is 0.592. The molecule has 0 saturated heterocycles. The Morgan fingerprint density at radius 2 is 1.67 bits per heavy atom. The zero-order chi connectivity index (χ0) is 17.1. The fourth-order valence-electron chi connectivity index (χ4n) is 2.11. The lowest BCUT2D eigenvalue weighted by Crippen LogP contribution is -2.30. The number of nitrogens with one attached hydrogen (secondary N) is 2. The van der Waals surface area contributed by atoms with Crippen LogP contribution in [-0.4, -0.2) is 18.5 Å². The molecule has 3 nitrogen and oxygen atoms in total. The van der Waals surface area contributed by atoms with Crippen LogP contribution in [-0.2, 0) is 4.79 Å². The molecule has 0 fully saturated rings. The Morgan fingerprint density at radius 3 is 2.10 bits per heavy atom. The molecule has 21 heavy (non-hydrogen) atoms. The number of hydrogen-bond donors (Lipinski definition) is 2. The summed E-state index contributed by atoms with van der Waals surface area (Å²) < 4.78 is 0. The van der Waals surface area contributed by atoms with Crippen LogP contribution >= 0.6 is 0 Å². The second-order valence-electron chi connectivity index (χ2n) is 6.94. The maximum absolute atomic E-state index is 11.5. The van der Waals surface area contributed by atoms with Gasteiger partial charge in [-0.05, 0) is 38.0 Å². The molecule has 0 aromatic carbocycles. The van der Waals surface area contributed by atoms with Gasteiger partial charge in [-0.2, -0.15) is 0 Å². The van der Waals surface area contributed by atoms with Crippen molar-refractivity contribution in [3.63, 3.8) is 0 Å². The van der Waals surface area contributed by atoms with Gasteiger partial charge in [0.25, 0.3) is 0 Å². The molecule has 1 amide bonds. The van der Waals surface area contributed by atoms with E-state index in [1.165, 1.54) is 0 Å². The maximum atomic E-state index is 11.5. The van der Waals surface area contributed by atoms with E-state index in [0.29, 0.717) is 17.8 Å². The van der Waals surface area contributed by atoms with Crippen LogP contribution in [0.3, 0.4) is 0 Å². The van der Waals surface area contributed by atoms with Gasteiger partial charge in [-0.3, -0.25) is 4.79 Å². The van der Waals surface area contributed by atoms with Crippen LogP contribution in [0.5, 0.6) is 0 Å². The first-order chi connectivity index (χ1) is 9.61. The van der Waals surface area contributed by atoms with E-state index in [1.807, 2.05) is 27.7 Å². The van der Waals surface area contributed by atoms with E-state index in [4.69, 9.17) is 0 Å². The molecule has 0 heterocycles.